The van der Waals surface area contributed by atoms with Crippen LogP contribution in [0.25, 0.3) is 10.8 Å². The molecule has 2 rings (SSSR count). The van der Waals surface area contributed by atoms with Crippen molar-refractivity contribution in [3.05, 3.63) is 42.5 Å². The quantitative estimate of drug-likeness (QED) is 0.170. The number of benzene rings is 2. The Morgan fingerprint density at radius 1 is 0.613 bits per heavy atom. The SMILES string of the molecule is CCCCCCCCCCCCCCCCCOS(=O)(=O)c1cccc2ccccc12. The maximum absolute atomic E-state index is 12.6. The minimum atomic E-state index is -3.71. The van der Waals surface area contributed by atoms with E-state index < -0.39 is 10.1 Å². The number of hydrogen-bond donors (Lipinski definition) is 0. The van der Waals surface area contributed by atoms with Gasteiger partial charge in [0.2, 0.25) is 0 Å². The first-order valence-electron chi connectivity index (χ1n) is 12.5. The van der Waals surface area contributed by atoms with Gasteiger partial charge in [-0.2, -0.15) is 8.42 Å². The molecule has 0 spiro atoms. The monoisotopic (exact) mass is 446 g/mol. The summed E-state index contributed by atoms with van der Waals surface area (Å²) in [5.41, 5.74) is 0. The molecule has 0 N–H and O–H groups in total. The zero-order chi connectivity index (χ0) is 22.2. The van der Waals surface area contributed by atoms with Gasteiger partial charge in [-0.15, -0.1) is 0 Å². The largest absolute Gasteiger partial charge is 0.297 e. The zero-order valence-corrected chi connectivity index (χ0v) is 20.3. The number of rotatable bonds is 18. The van der Waals surface area contributed by atoms with E-state index in [9.17, 15) is 8.42 Å². The van der Waals surface area contributed by atoms with Gasteiger partial charge in [0, 0.05) is 5.39 Å². The summed E-state index contributed by atoms with van der Waals surface area (Å²) < 4.78 is 30.5. The predicted octanol–water partition coefficient (Wildman–Crippen LogP) is 8.42. The van der Waals surface area contributed by atoms with E-state index in [1.165, 1.54) is 77.0 Å². The highest BCUT2D eigenvalue weighted by Crippen LogP contribution is 2.24. The highest BCUT2D eigenvalue weighted by molar-refractivity contribution is 7.87. The van der Waals surface area contributed by atoms with Gasteiger partial charge in [-0.3, -0.25) is 4.18 Å². The predicted molar refractivity (Wildman–Crippen MR) is 132 cm³/mol. The number of fused-ring (bicyclic) bond motifs is 1. The van der Waals surface area contributed by atoms with Gasteiger partial charge < -0.3 is 0 Å². The Morgan fingerprint density at radius 3 is 1.68 bits per heavy atom. The second kappa shape index (κ2) is 15.4. The molecule has 0 fully saturated rings. The second-order valence-electron chi connectivity index (χ2n) is 8.70. The summed E-state index contributed by atoms with van der Waals surface area (Å²) in [5, 5.41) is 1.64. The van der Waals surface area contributed by atoms with Gasteiger partial charge in [-0.1, -0.05) is 133 Å². The van der Waals surface area contributed by atoms with Crippen LogP contribution in [0.15, 0.2) is 47.4 Å². The van der Waals surface area contributed by atoms with Gasteiger partial charge in [0.25, 0.3) is 10.1 Å². The van der Waals surface area contributed by atoms with Crippen molar-refractivity contribution in [2.75, 3.05) is 6.61 Å². The van der Waals surface area contributed by atoms with Crippen LogP contribution >= 0.6 is 0 Å². The normalized spacial score (nSPS) is 11.9. The second-order valence-corrected chi connectivity index (χ2v) is 10.3. The molecule has 31 heavy (non-hydrogen) atoms. The zero-order valence-electron chi connectivity index (χ0n) is 19.5. The Kier molecular flexibility index (Phi) is 12.9. The van der Waals surface area contributed by atoms with Crippen LogP contribution in [-0.4, -0.2) is 15.0 Å². The molecule has 2 aromatic rings. The molecular weight excluding hydrogens is 404 g/mol. The summed E-state index contributed by atoms with van der Waals surface area (Å²) in [6, 6.07) is 12.8. The molecule has 3 nitrogen and oxygen atoms in total. The molecule has 174 valence electrons. The lowest BCUT2D eigenvalue weighted by Gasteiger charge is -2.08. The van der Waals surface area contributed by atoms with Crippen LogP contribution in [0.4, 0.5) is 0 Å². The molecular formula is C27H42O3S. The fraction of sp³-hybridized carbons (Fsp3) is 0.630. The van der Waals surface area contributed by atoms with Crippen molar-refractivity contribution in [1.29, 1.82) is 0 Å². The third kappa shape index (κ3) is 10.2. The fourth-order valence-corrected chi connectivity index (χ4v) is 5.28. The van der Waals surface area contributed by atoms with Crippen molar-refractivity contribution < 1.29 is 12.6 Å². The highest BCUT2D eigenvalue weighted by atomic mass is 32.2. The van der Waals surface area contributed by atoms with Crippen molar-refractivity contribution >= 4 is 20.9 Å². The summed E-state index contributed by atoms with van der Waals surface area (Å²) in [6.07, 6.45) is 19.4. The molecule has 0 aromatic heterocycles. The van der Waals surface area contributed by atoms with Crippen LogP contribution in [0.5, 0.6) is 0 Å². The Balaban J connectivity index is 1.47. The van der Waals surface area contributed by atoms with E-state index in [4.69, 9.17) is 4.18 Å². The minimum Gasteiger partial charge on any atom is -0.266 e. The van der Waals surface area contributed by atoms with Crippen LogP contribution in [0.1, 0.15) is 103 Å². The van der Waals surface area contributed by atoms with E-state index in [1.807, 2.05) is 30.3 Å². The fourth-order valence-electron chi connectivity index (χ4n) is 4.12. The third-order valence-electron chi connectivity index (χ3n) is 6.01. The maximum atomic E-state index is 12.6. The molecule has 0 saturated carbocycles. The molecule has 0 aliphatic carbocycles. The van der Waals surface area contributed by atoms with Crippen LogP contribution < -0.4 is 0 Å². The van der Waals surface area contributed by atoms with Gasteiger partial charge in [-0.05, 0) is 17.9 Å². The average Bonchev–Trinajstić information content (AvgIpc) is 2.78. The Bertz CT molecular complexity index is 824. The lowest BCUT2D eigenvalue weighted by molar-refractivity contribution is 0.306. The van der Waals surface area contributed by atoms with Crippen molar-refractivity contribution in [2.24, 2.45) is 0 Å². The topological polar surface area (TPSA) is 43.4 Å². The first-order valence-corrected chi connectivity index (χ1v) is 13.9. The van der Waals surface area contributed by atoms with E-state index in [0.29, 0.717) is 0 Å². The van der Waals surface area contributed by atoms with Gasteiger partial charge in [0.1, 0.15) is 4.90 Å². The molecule has 4 heteroatoms. The highest BCUT2D eigenvalue weighted by Gasteiger charge is 2.17. The molecule has 0 saturated heterocycles. The van der Waals surface area contributed by atoms with E-state index in [-0.39, 0.29) is 11.5 Å². The molecule has 0 aliphatic heterocycles. The molecule has 0 amide bonds. The van der Waals surface area contributed by atoms with Crippen LogP contribution in [0.2, 0.25) is 0 Å². The third-order valence-corrected chi connectivity index (χ3v) is 7.38. The lowest BCUT2D eigenvalue weighted by atomic mass is 10.0. The van der Waals surface area contributed by atoms with Crippen molar-refractivity contribution in [3.63, 3.8) is 0 Å². The van der Waals surface area contributed by atoms with E-state index in [2.05, 4.69) is 6.92 Å². The maximum Gasteiger partial charge on any atom is 0.297 e. The standard InChI is InChI=1S/C27H42O3S/c1-2-3-4-5-6-7-8-9-10-11-12-13-14-15-18-24-30-31(28,29)27-23-19-21-25-20-16-17-22-26(25)27/h16-17,19-23H,2-15,18,24H2,1H3. The lowest BCUT2D eigenvalue weighted by Crippen LogP contribution is -2.08. The summed E-state index contributed by atoms with van der Waals surface area (Å²) >= 11 is 0. The summed E-state index contributed by atoms with van der Waals surface area (Å²) in [6.45, 7) is 2.54. The summed E-state index contributed by atoms with van der Waals surface area (Å²) in [4.78, 5) is 0.270. The number of unbranched alkanes of at least 4 members (excludes halogenated alkanes) is 14. The van der Waals surface area contributed by atoms with Crippen molar-refractivity contribution in [1.82, 2.24) is 0 Å². The molecule has 0 unspecified atom stereocenters. The molecule has 2 aromatic carbocycles. The Hall–Kier alpha value is -1.39. The van der Waals surface area contributed by atoms with E-state index in [1.54, 1.807) is 12.1 Å². The van der Waals surface area contributed by atoms with Crippen LogP contribution in [0, 0.1) is 0 Å². The number of hydrogen-bond acceptors (Lipinski definition) is 3. The molecule has 0 aliphatic rings. The van der Waals surface area contributed by atoms with Crippen molar-refractivity contribution in [2.45, 2.75) is 108 Å². The molecule has 0 heterocycles. The van der Waals surface area contributed by atoms with Gasteiger partial charge in [-0.25, -0.2) is 0 Å². The van der Waals surface area contributed by atoms with E-state index in [0.717, 1.165) is 30.0 Å². The van der Waals surface area contributed by atoms with Crippen LogP contribution in [-0.2, 0) is 14.3 Å². The van der Waals surface area contributed by atoms with Crippen molar-refractivity contribution in [3.8, 4) is 0 Å². The minimum absolute atomic E-state index is 0.268. The molecule has 0 radical (unpaired) electrons. The first-order chi connectivity index (χ1) is 15.1. The summed E-state index contributed by atoms with van der Waals surface area (Å²) in [5.74, 6) is 0. The van der Waals surface area contributed by atoms with Gasteiger partial charge in [0.05, 0.1) is 6.61 Å². The van der Waals surface area contributed by atoms with Gasteiger partial charge >= 0.3 is 0 Å². The molecule has 0 atom stereocenters. The van der Waals surface area contributed by atoms with Crippen LogP contribution in [0.3, 0.4) is 0 Å². The first kappa shape index (κ1) is 25.9. The van der Waals surface area contributed by atoms with E-state index >= 15 is 0 Å². The average molecular weight is 447 g/mol. The Labute approximate surface area is 190 Å². The Morgan fingerprint density at radius 2 is 1.10 bits per heavy atom. The molecule has 0 bridgehead atoms. The smallest absolute Gasteiger partial charge is 0.266 e. The van der Waals surface area contributed by atoms with Gasteiger partial charge in [0.15, 0.2) is 0 Å². The summed E-state index contributed by atoms with van der Waals surface area (Å²) in [7, 11) is -3.71.